The second-order valence-corrected chi connectivity index (χ2v) is 8.50. The topological polar surface area (TPSA) is 99.3 Å². The number of aryl methyl sites for hydroxylation is 1. The predicted octanol–water partition coefficient (Wildman–Crippen LogP) is 1.94. The van der Waals surface area contributed by atoms with E-state index in [4.69, 9.17) is 5.73 Å². The molecule has 1 unspecified atom stereocenters. The van der Waals surface area contributed by atoms with Gasteiger partial charge in [0, 0.05) is 39.0 Å². The Hall–Kier alpha value is -3.75. The Bertz CT molecular complexity index is 1070. The van der Waals surface area contributed by atoms with Crippen molar-refractivity contribution in [2.24, 2.45) is 10.8 Å². The van der Waals surface area contributed by atoms with Crippen LogP contribution in [0, 0.1) is 5.82 Å². The molecular formula is C25H28FN5O3. The van der Waals surface area contributed by atoms with Crippen LogP contribution in [0.1, 0.15) is 24.8 Å². The molecule has 0 bridgehead atoms. The first-order valence-electron chi connectivity index (χ1n) is 11.4. The summed E-state index contributed by atoms with van der Waals surface area (Å²) < 4.78 is 13.3. The van der Waals surface area contributed by atoms with E-state index in [0.717, 1.165) is 12.8 Å². The van der Waals surface area contributed by atoms with E-state index in [0.29, 0.717) is 38.3 Å². The lowest BCUT2D eigenvalue weighted by atomic mass is 10.1. The molecule has 0 radical (unpaired) electrons. The molecule has 2 aromatic rings. The highest BCUT2D eigenvalue weighted by Crippen LogP contribution is 2.25. The minimum Gasteiger partial charge on any atom is -0.368 e. The van der Waals surface area contributed by atoms with E-state index >= 15 is 0 Å². The summed E-state index contributed by atoms with van der Waals surface area (Å²) in [6, 6.07) is 14.8. The lowest BCUT2D eigenvalue weighted by Gasteiger charge is -2.34. The van der Waals surface area contributed by atoms with Crippen molar-refractivity contribution in [2.45, 2.75) is 31.7 Å². The van der Waals surface area contributed by atoms with Gasteiger partial charge < -0.3 is 15.5 Å². The first-order valence-corrected chi connectivity index (χ1v) is 11.4. The second-order valence-electron chi connectivity index (χ2n) is 8.50. The lowest BCUT2D eigenvalue weighted by Crippen LogP contribution is -2.52. The number of piperazine rings is 1. The summed E-state index contributed by atoms with van der Waals surface area (Å²) in [7, 11) is 0. The molecule has 3 amide bonds. The van der Waals surface area contributed by atoms with Gasteiger partial charge in [-0.2, -0.15) is 5.10 Å². The number of rotatable bonds is 7. The van der Waals surface area contributed by atoms with Crippen molar-refractivity contribution in [3.63, 3.8) is 0 Å². The third-order valence-corrected chi connectivity index (χ3v) is 6.20. The van der Waals surface area contributed by atoms with E-state index in [2.05, 4.69) is 17.2 Å². The van der Waals surface area contributed by atoms with E-state index < -0.39 is 17.8 Å². The van der Waals surface area contributed by atoms with Crippen LogP contribution in [0.2, 0.25) is 0 Å². The van der Waals surface area contributed by atoms with Crippen LogP contribution in [0.25, 0.3) is 0 Å². The molecule has 0 spiro atoms. The lowest BCUT2D eigenvalue weighted by molar-refractivity contribution is -0.136. The van der Waals surface area contributed by atoms with Crippen LogP contribution in [-0.4, -0.2) is 65.5 Å². The molecule has 2 heterocycles. The van der Waals surface area contributed by atoms with E-state index in [1.54, 1.807) is 9.80 Å². The quantitative estimate of drug-likeness (QED) is 0.676. The molecule has 1 fully saturated rings. The van der Waals surface area contributed by atoms with Gasteiger partial charge in [0.25, 0.3) is 5.91 Å². The third-order valence-electron chi connectivity index (χ3n) is 6.20. The highest BCUT2D eigenvalue weighted by atomic mass is 19.1. The van der Waals surface area contributed by atoms with Gasteiger partial charge in [-0.3, -0.25) is 19.4 Å². The Labute approximate surface area is 197 Å². The molecule has 0 aromatic heterocycles. The van der Waals surface area contributed by atoms with E-state index in [1.165, 1.54) is 34.8 Å². The maximum atomic E-state index is 13.3. The summed E-state index contributed by atoms with van der Waals surface area (Å²) in [4.78, 5) is 41.0. The Balaban J connectivity index is 1.31. The van der Waals surface area contributed by atoms with Crippen LogP contribution >= 0.6 is 0 Å². The molecule has 34 heavy (non-hydrogen) atoms. The largest absolute Gasteiger partial charge is 0.368 e. The Morgan fingerprint density at radius 1 is 0.941 bits per heavy atom. The fraction of sp³-hybridized carbons (Fsp3) is 0.360. The Kier molecular flexibility index (Phi) is 7.20. The highest BCUT2D eigenvalue weighted by Gasteiger charge is 2.37. The van der Waals surface area contributed by atoms with Crippen LogP contribution in [0.3, 0.4) is 0 Å². The number of primary amides is 1. The Morgan fingerprint density at radius 3 is 2.24 bits per heavy atom. The molecule has 0 aliphatic carbocycles. The van der Waals surface area contributed by atoms with Gasteiger partial charge >= 0.3 is 0 Å². The van der Waals surface area contributed by atoms with Crippen molar-refractivity contribution in [2.75, 3.05) is 31.2 Å². The molecule has 8 nitrogen and oxygen atoms in total. The van der Waals surface area contributed by atoms with Gasteiger partial charge in [-0.15, -0.1) is 0 Å². The van der Waals surface area contributed by atoms with Crippen molar-refractivity contribution in [1.82, 2.24) is 9.80 Å². The SMILES string of the molecule is NC(=O)C1CC(C(=O)N2CCN(C(=O)CCCc3ccccc3)CC2)=NN1c1ccc(F)cc1. The summed E-state index contributed by atoms with van der Waals surface area (Å²) in [6.45, 7) is 1.73. The van der Waals surface area contributed by atoms with Gasteiger partial charge in [0.2, 0.25) is 11.8 Å². The molecule has 2 aromatic carbocycles. The fourth-order valence-electron chi connectivity index (χ4n) is 4.28. The first-order chi connectivity index (χ1) is 16.4. The number of nitrogens with two attached hydrogens (primary N) is 1. The summed E-state index contributed by atoms with van der Waals surface area (Å²) in [6.07, 6.45) is 2.20. The van der Waals surface area contributed by atoms with Crippen LogP contribution in [0.4, 0.5) is 10.1 Å². The molecule has 2 N–H and O–H groups in total. The number of benzene rings is 2. The maximum Gasteiger partial charge on any atom is 0.270 e. The number of hydrogen-bond acceptors (Lipinski definition) is 5. The van der Waals surface area contributed by atoms with Crippen LogP contribution in [0.5, 0.6) is 0 Å². The van der Waals surface area contributed by atoms with E-state index in [1.807, 2.05) is 18.2 Å². The monoisotopic (exact) mass is 465 g/mol. The molecule has 0 saturated carbocycles. The molecule has 2 aliphatic rings. The van der Waals surface area contributed by atoms with Crippen LogP contribution in [0.15, 0.2) is 59.7 Å². The summed E-state index contributed by atoms with van der Waals surface area (Å²) in [5, 5.41) is 5.72. The smallest absolute Gasteiger partial charge is 0.270 e. The molecule has 4 rings (SSSR count). The second kappa shape index (κ2) is 10.5. The van der Waals surface area contributed by atoms with Gasteiger partial charge in [0.05, 0.1) is 5.69 Å². The van der Waals surface area contributed by atoms with Gasteiger partial charge in [0.15, 0.2) is 0 Å². The van der Waals surface area contributed by atoms with Crippen molar-refractivity contribution in [1.29, 1.82) is 0 Å². The summed E-state index contributed by atoms with van der Waals surface area (Å²) >= 11 is 0. The normalized spacial score (nSPS) is 18.1. The number of carbonyl (C=O) groups excluding carboxylic acids is 3. The number of amides is 3. The highest BCUT2D eigenvalue weighted by molar-refractivity contribution is 6.40. The predicted molar refractivity (Wildman–Crippen MR) is 126 cm³/mol. The zero-order chi connectivity index (χ0) is 24.1. The van der Waals surface area contributed by atoms with Crippen LogP contribution < -0.4 is 10.7 Å². The number of hydrogen-bond donors (Lipinski definition) is 1. The van der Waals surface area contributed by atoms with Crippen LogP contribution in [-0.2, 0) is 20.8 Å². The zero-order valence-electron chi connectivity index (χ0n) is 18.9. The minimum absolute atomic E-state index is 0.0875. The number of hydrazone groups is 1. The van der Waals surface area contributed by atoms with Gasteiger partial charge in [-0.25, -0.2) is 4.39 Å². The summed E-state index contributed by atoms with van der Waals surface area (Å²) in [5.74, 6) is -1.20. The number of halogens is 1. The van der Waals surface area contributed by atoms with E-state index in [-0.39, 0.29) is 23.9 Å². The standard InChI is InChI=1S/C25H28FN5O3/c26-19-9-11-20(12-10-19)31-22(24(27)33)17-21(28-31)25(34)30-15-13-29(14-16-30)23(32)8-4-7-18-5-2-1-3-6-18/h1-3,5-6,9-12,22H,4,7-8,13-17H2,(H2,27,33). The average Bonchev–Trinajstić information content (AvgIpc) is 3.31. The first kappa shape index (κ1) is 23.4. The molecule has 178 valence electrons. The van der Waals surface area contributed by atoms with Crippen molar-refractivity contribution >= 4 is 29.1 Å². The minimum atomic E-state index is -0.808. The van der Waals surface area contributed by atoms with Gasteiger partial charge in [0.1, 0.15) is 17.6 Å². The molecule has 9 heteroatoms. The van der Waals surface area contributed by atoms with E-state index in [9.17, 15) is 18.8 Å². The molecule has 1 saturated heterocycles. The zero-order valence-corrected chi connectivity index (χ0v) is 18.9. The molecular weight excluding hydrogens is 437 g/mol. The van der Waals surface area contributed by atoms with Crippen molar-refractivity contribution in [3.05, 3.63) is 66.0 Å². The summed E-state index contributed by atoms with van der Waals surface area (Å²) in [5.41, 5.74) is 7.46. The van der Waals surface area contributed by atoms with Crippen molar-refractivity contribution in [3.8, 4) is 0 Å². The average molecular weight is 466 g/mol. The molecule has 2 aliphatic heterocycles. The number of carbonyl (C=O) groups is 3. The fourth-order valence-corrected chi connectivity index (χ4v) is 4.28. The third kappa shape index (κ3) is 5.41. The maximum absolute atomic E-state index is 13.3. The molecule has 1 atom stereocenters. The van der Waals surface area contributed by atoms with Crippen molar-refractivity contribution < 1.29 is 18.8 Å². The number of nitrogens with zero attached hydrogens (tertiary/aromatic N) is 4. The van der Waals surface area contributed by atoms with Gasteiger partial charge in [-0.1, -0.05) is 30.3 Å². The number of anilines is 1. The van der Waals surface area contributed by atoms with Gasteiger partial charge in [-0.05, 0) is 42.7 Å². The Morgan fingerprint density at radius 2 is 1.59 bits per heavy atom.